The lowest BCUT2D eigenvalue weighted by molar-refractivity contribution is 0.233. The molecule has 2 aromatic rings. The van der Waals surface area contributed by atoms with Crippen LogP contribution in [0.4, 0.5) is 4.79 Å². The zero-order chi connectivity index (χ0) is 15.7. The molecule has 0 saturated carbocycles. The highest BCUT2D eigenvalue weighted by atomic mass is 16.5. The lowest BCUT2D eigenvalue weighted by Gasteiger charge is -2.24. The van der Waals surface area contributed by atoms with E-state index in [1.165, 1.54) is 16.6 Å². The van der Waals surface area contributed by atoms with Crippen molar-refractivity contribution in [2.24, 2.45) is 0 Å². The first-order valence-corrected chi connectivity index (χ1v) is 7.81. The van der Waals surface area contributed by atoms with Gasteiger partial charge in [0, 0.05) is 28.7 Å². The van der Waals surface area contributed by atoms with E-state index in [1.54, 1.807) is 7.11 Å². The summed E-state index contributed by atoms with van der Waals surface area (Å²) in [5, 5.41) is 7.16. The fourth-order valence-electron chi connectivity index (χ4n) is 3.14. The van der Waals surface area contributed by atoms with Gasteiger partial charge < -0.3 is 20.4 Å². The van der Waals surface area contributed by atoms with Gasteiger partial charge >= 0.3 is 6.03 Å². The van der Waals surface area contributed by atoms with Crippen LogP contribution in [0.5, 0.6) is 5.75 Å². The van der Waals surface area contributed by atoms with Gasteiger partial charge in [0.1, 0.15) is 5.75 Å². The molecule has 5 heteroatoms. The summed E-state index contributed by atoms with van der Waals surface area (Å²) in [6, 6.07) is 6.34. The number of fused-ring (bicyclic) bond motifs is 3. The number of aromatic nitrogens is 1. The molecule has 0 spiro atoms. The van der Waals surface area contributed by atoms with Gasteiger partial charge in [0.25, 0.3) is 0 Å². The van der Waals surface area contributed by atoms with Crippen molar-refractivity contribution in [3.05, 3.63) is 29.5 Å². The molecule has 118 valence electrons. The Kier molecular flexibility index (Phi) is 3.96. The van der Waals surface area contributed by atoms with Crippen LogP contribution >= 0.6 is 0 Å². The van der Waals surface area contributed by atoms with Crippen molar-refractivity contribution in [1.29, 1.82) is 0 Å². The summed E-state index contributed by atoms with van der Waals surface area (Å²) in [5.74, 6) is 0.863. The number of amides is 2. The van der Waals surface area contributed by atoms with E-state index in [0.717, 1.165) is 30.5 Å². The molecule has 1 aliphatic rings. The van der Waals surface area contributed by atoms with E-state index in [-0.39, 0.29) is 18.1 Å². The molecular formula is C17H23N3O2. The number of carbonyl (C=O) groups is 1. The van der Waals surface area contributed by atoms with Crippen molar-refractivity contribution in [3.8, 4) is 5.75 Å². The molecule has 0 fully saturated rings. The SMILES string of the molecule is COc1ccc2[nH]c3c(c2c1)CC(NC(=O)NC(C)C)CC3. The predicted octanol–water partition coefficient (Wildman–Crippen LogP) is 2.74. The number of rotatable bonds is 3. The predicted molar refractivity (Wildman–Crippen MR) is 87.5 cm³/mol. The molecule has 5 nitrogen and oxygen atoms in total. The van der Waals surface area contributed by atoms with E-state index in [4.69, 9.17) is 4.74 Å². The van der Waals surface area contributed by atoms with Gasteiger partial charge in [0.15, 0.2) is 0 Å². The van der Waals surface area contributed by atoms with Gasteiger partial charge in [-0.2, -0.15) is 0 Å². The third kappa shape index (κ3) is 2.89. The average Bonchev–Trinajstić information content (AvgIpc) is 2.83. The highest BCUT2D eigenvalue weighted by Crippen LogP contribution is 2.31. The molecule has 22 heavy (non-hydrogen) atoms. The molecule has 1 atom stereocenters. The minimum absolute atomic E-state index is 0.0825. The van der Waals surface area contributed by atoms with E-state index < -0.39 is 0 Å². The first kappa shape index (κ1) is 14.8. The van der Waals surface area contributed by atoms with Gasteiger partial charge in [-0.05, 0) is 56.9 Å². The second-order valence-electron chi connectivity index (χ2n) is 6.21. The summed E-state index contributed by atoms with van der Waals surface area (Å²) in [5.41, 5.74) is 3.72. The van der Waals surface area contributed by atoms with Crippen LogP contribution in [-0.2, 0) is 12.8 Å². The zero-order valence-electron chi connectivity index (χ0n) is 13.3. The van der Waals surface area contributed by atoms with Gasteiger partial charge in [0.05, 0.1) is 7.11 Å². The number of urea groups is 1. The van der Waals surface area contributed by atoms with Gasteiger partial charge in [0.2, 0.25) is 0 Å². The van der Waals surface area contributed by atoms with E-state index in [1.807, 2.05) is 19.9 Å². The molecule has 0 bridgehead atoms. The smallest absolute Gasteiger partial charge is 0.315 e. The number of methoxy groups -OCH3 is 1. The largest absolute Gasteiger partial charge is 0.497 e. The Balaban J connectivity index is 1.80. The van der Waals surface area contributed by atoms with E-state index in [0.29, 0.717) is 0 Å². The molecule has 0 radical (unpaired) electrons. The molecule has 1 aliphatic carbocycles. The van der Waals surface area contributed by atoms with Crippen LogP contribution in [0.3, 0.4) is 0 Å². The first-order valence-electron chi connectivity index (χ1n) is 7.81. The molecule has 1 aromatic carbocycles. The Morgan fingerprint density at radius 2 is 2.23 bits per heavy atom. The molecule has 0 saturated heterocycles. The standard InChI is InChI=1S/C17H23N3O2/c1-10(2)18-17(21)19-11-4-6-15-13(8-11)14-9-12(22-3)5-7-16(14)20-15/h5,7,9-11,20H,4,6,8H2,1-3H3,(H2,18,19,21). The quantitative estimate of drug-likeness (QED) is 0.816. The van der Waals surface area contributed by atoms with Crippen LogP contribution in [0.15, 0.2) is 18.2 Å². The number of H-pyrrole nitrogens is 1. The Hall–Kier alpha value is -2.17. The minimum Gasteiger partial charge on any atom is -0.497 e. The normalized spacial score (nSPS) is 17.4. The number of ether oxygens (including phenoxy) is 1. The van der Waals surface area contributed by atoms with Crippen LogP contribution in [0, 0.1) is 0 Å². The van der Waals surface area contributed by atoms with Gasteiger partial charge in [-0.1, -0.05) is 0 Å². The van der Waals surface area contributed by atoms with Gasteiger partial charge in [-0.15, -0.1) is 0 Å². The van der Waals surface area contributed by atoms with Crippen molar-refractivity contribution in [1.82, 2.24) is 15.6 Å². The summed E-state index contributed by atoms with van der Waals surface area (Å²) < 4.78 is 5.32. The summed E-state index contributed by atoms with van der Waals surface area (Å²) in [6.07, 6.45) is 2.77. The van der Waals surface area contributed by atoms with E-state index >= 15 is 0 Å². The molecular weight excluding hydrogens is 278 g/mol. The highest BCUT2D eigenvalue weighted by Gasteiger charge is 2.24. The number of hydrogen-bond acceptors (Lipinski definition) is 2. The maximum absolute atomic E-state index is 11.9. The molecule has 3 N–H and O–H groups in total. The monoisotopic (exact) mass is 301 g/mol. The second kappa shape index (κ2) is 5.91. The summed E-state index contributed by atoms with van der Waals surface area (Å²) in [6.45, 7) is 3.93. The highest BCUT2D eigenvalue weighted by molar-refractivity contribution is 5.86. The van der Waals surface area contributed by atoms with Crippen molar-refractivity contribution in [2.45, 2.75) is 45.2 Å². The van der Waals surface area contributed by atoms with E-state index in [9.17, 15) is 4.79 Å². The number of carbonyl (C=O) groups excluding carboxylic acids is 1. The van der Waals surface area contributed by atoms with Gasteiger partial charge in [-0.3, -0.25) is 0 Å². The topological polar surface area (TPSA) is 66.1 Å². The third-order valence-corrected chi connectivity index (χ3v) is 4.15. The maximum Gasteiger partial charge on any atom is 0.315 e. The molecule has 1 unspecified atom stereocenters. The number of hydrogen-bond donors (Lipinski definition) is 3. The molecule has 1 heterocycles. The van der Waals surface area contributed by atoms with Crippen molar-refractivity contribution < 1.29 is 9.53 Å². The molecule has 2 amide bonds. The van der Waals surface area contributed by atoms with Crippen LogP contribution in [0.2, 0.25) is 0 Å². The van der Waals surface area contributed by atoms with E-state index in [2.05, 4.69) is 27.8 Å². The number of nitrogens with one attached hydrogen (secondary N) is 3. The van der Waals surface area contributed by atoms with Crippen LogP contribution in [0.1, 0.15) is 31.5 Å². The fourth-order valence-corrected chi connectivity index (χ4v) is 3.14. The minimum atomic E-state index is -0.0825. The number of aryl methyl sites for hydroxylation is 1. The number of aromatic amines is 1. The first-order chi connectivity index (χ1) is 10.6. The van der Waals surface area contributed by atoms with Crippen molar-refractivity contribution in [2.75, 3.05) is 7.11 Å². The third-order valence-electron chi connectivity index (χ3n) is 4.15. The lowest BCUT2D eigenvalue weighted by atomic mass is 9.91. The summed E-state index contributed by atoms with van der Waals surface area (Å²) in [4.78, 5) is 15.4. The maximum atomic E-state index is 11.9. The molecule has 0 aliphatic heterocycles. The Bertz CT molecular complexity index is 691. The number of benzene rings is 1. The second-order valence-corrected chi connectivity index (χ2v) is 6.21. The summed E-state index contributed by atoms with van der Waals surface area (Å²) in [7, 11) is 1.68. The van der Waals surface area contributed by atoms with Crippen molar-refractivity contribution >= 4 is 16.9 Å². The Morgan fingerprint density at radius 1 is 1.41 bits per heavy atom. The summed E-state index contributed by atoms with van der Waals surface area (Å²) >= 11 is 0. The zero-order valence-corrected chi connectivity index (χ0v) is 13.3. The average molecular weight is 301 g/mol. The fraction of sp³-hybridized carbons (Fsp3) is 0.471. The lowest BCUT2D eigenvalue weighted by Crippen LogP contribution is -2.46. The molecule has 1 aromatic heterocycles. The van der Waals surface area contributed by atoms with Crippen molar-refractivity contribution in [3.63, 3.8) is 0 Å². The molecule has 3 rings (SSSR count). The van der Waals surface area contributed by atoms with Crippen LogP contribution in [0.25, 0.3) is 10.9 Å². The Labute approximate surface area is 130 Å². The van der Waals surface area contributed by atoms with Crippen LogP contribution in [-0.4, -0.2) is 30.2 Å². The van der Waals surface area contributed by atoms with Gasteiger partial charge in [-0.25, -0.2) is 4.79 Å². The van der Waals surface area contributed by atoms with Crippen LogP contribution < -0.4 is 15.4 Å². The Morgan fingerprint density at radius 3 is 2.95 bits per heavy atom.